The molecule has 0 spiro atoms. The van der Waals surface area contributed by atoms with Gasteiger partial charge in [0.25, 0.3) is 0 Å². The van der Waals surface area contributed by atoms with E-state index in [9.17, 15) is 9.59 Å². The number of carbonyl (C=O) groups is 2. The van der Waals surface area contributed by atoms with E-state index in [0.29, 0.717) is 28.4 Å². The van der Waals surface area contributed by atoms with Crippen molar-refractivity contribution in [3.8, 4) is 17.2 Å². The fourth-order valence-electron chi connectivity index (χ4n) is 2.20. The Morgan fingerprint density at radius 1 is 0.857 bits per heavy atom. The van der Waals surface area contributed by atoms with Gasteiger partial charge in [0, 0.05) is 23.3 Å². The molecule has 1 aromatic carbocycles. The molecule has 0 bridgehead atoms. The van der Waals surface area contributed by atoms with E-state index in [2.05, 4.69) is 0 Å². The predicted molar refractivity (Wildman–Crippen MR) is 77.8 cm³/mol. The van der Waals surface area contributed by atoms with Crippen LogP contribution in [0.3, 0.4) is 0 Å². The van der Waals surface area contributed by atoms with Crippen LogP contribution in [0.5, 0.6) is 17.2 Å². The third kappa shape index (κ3) is 2.67. The number of hydrogen-bond acceptors (Lipinski definition) is 5. The molecule has 1 aliphatic rings. The van der Waals surface area contributed by atoms with Crippen LogP contribution in [0.25, 0.3) is 5.57 Å². The monoisotopic (exact) mass is 288 g/mol. The Hall–Kier alpha value is -2.56. The summed E-state index contributed by atoms with van der Waals surface area (Å²) in [5.41, 5.74) is 1.10. The highest BCUT2D eigenvalue weighted by molar-refractivity contribution is 6.36. The number of Topliss-reactive ketones (excluding diaryl/α,β-unsaturated/α-hetero) is 1. The number of benzene rings is 1. The van der Waals surface area contributed by atoms with Crippen LogP contribution in [0.15, 0.2) is 29.9 Å². The Kier molecular flexibility index (Phi) is 4.12. The average molecular weight is 288 g/mol. The highest BCUT2D eigenvalue weighted by Gasteiger charge is 2.26. The third-order valence-corrected chi connectivity index (χ3v) is 3.23. The van der Waals surface area contributed by atoms with Gasteiger partial charge in [0.2, 0.25) is 0 Å². The van der Waals surface area contributed by atoms with Gasteiger partial charge in [-0.25, -0.2) is 0 Å². The van der Waals surface area contributed by atoms with Crippen LogP contribution in [-0.4, -0.2) is 32.9 Å². The SMILES string of the molecule is COc1cc(OC)c(C2=CC(=O)C=C(C)C2=O)c(OC)c1. The molecule has 1 aromatic rings. The zero-order valence-electron chi connectivity index (χ0n) is 12.4. The molecule has 110 valence electrons. The molecular formula is C16H16O5. The summed E-state index contributed by atoms with van der Waals surface area (Å²) in [5.74, 6) is 0.898. The second-order valence-corrected chi connectivity index (χ2v) is 4.52. The number of hydrogen-bond donors (Lipinski definition) is 0. The molecule has 0 unspecified atom stereocenters. The summed E-state index contributed by atoms with van der Waals surface area (Å²) in [6.07, 6.45) is 2.61. The number of ether oxygens (including phenoxy) is 3. The van der Waals surface area contributed by atoms with Gasteiger partial charge in [-0.3, -0.25) is 9.59 Å². The Morgan fingerprint density at radius 3 is 1.90 bits per heavy atom. The number of rotatable bonds is 4. The van der Waals surface area contributed by atoms with Crippen LogP contribution >= 0.6 is 0 Å². The summed E-state index contributed by atoms with van der Waals surface area (Å²) in [7, 11) is 4.49. The summed E-state index contributed by atoms with van der Waals surface area (Å²) >= 11 is 0. The fourth-order valence-corrected chi connectivity index (χ4v) is 2.20. The minimum absolute atomic E-state index is 0.226. The Morgan fingerprint density at radius 2 is 1.43 bits per heavy atom. The lowest BCUT2D eigenvalue weighted by atomic mass is 9.90. The van der Waals surface area contributed by atoms with Crippen molar-refractivity contribution in [2.24, 2.45) is 0 Å². The van der Waals surface area contributed by atoms with Crippen molar-refractivity contribution in [3.05, 3.63) is 35.4 Å². The van der Waals surface area contributed by atoms with Crippen LogP contribution in [0, 0.1) is 0 Å². The number of allylic oxidation sites excluding steroid dienone is 4. The number of ketones is 2. The van der Waals surface area contributed by atoms with Gasteiger partial charge in [0.1, 0.15) is 17.2 Å². The molecule has 0 saturated heterocycles. The lowest BCUT2D eigenvalue weighted by Gasteiger charge is -2.18. The van der Waals surface area contributed by atoms with Gasteiger partial charge in [0.05, 0.1) is 26.9 Å². The standard InChI is InChI=1S/C16H16O5/c1-9-5-10(17)6-12(16(9)18)15-13(20-3)7-11(19-2)8-14(15)21-4/h5-8H,1-4H3. The molecule has 0 amide bonds. The normalized spacial score (nSPS) is 14.5. The summed E-state index contributed by atoms with van der Waals surface area (Å²) in [5, 5.41) is 0. The van der Waals surface area contributed by atoms with E-state index in [-0.39, 0.29) is 17.1 Å². The first-order chi connectivity index (χ1) is 10.0. The van der Waals surface area contributed by atoms with E-state index < -0.39 is 0 Å². The first kappa shape index (κ1) is 14.8. The van der Waals surface area contributed by atoms with Crippen LogP contribution in [0.2, 0.25) is 0 Å². The molecular weight excluding hydrogens is 272 g/mol. The Balaban J connectivity index is 2.68. The summed E-state index contributed by atoms with van der Waals surface area (Å²) in [6.45, 7) is 1.61. The van der Waals surface area contributed by atoms with Crippen LogP contribution in [0.1, 0.15) is 12.5 Å². The number of methoxy groups -OCH3 is 3. The zero-order valence-corrected chi connectivity index (χ0v) is 12.4. The largest absolute Gasteiger partial charge is 0.496 e. The Labute approximate surface area is 122 Å². The zero-order chi connectivity index (χ0) is 15.6. The van der Waals surface area contributed by atoms with Gasteiger partial charge >= 0.3 is 0 Å². The van der Waals surface area contributed by atoms with E-state index in [1.165, 1.54) is 33.5 Å². The van der Waals surface area contributed by atoms with Gasteiger partial charge in [-0.05, 0) is 19.1 Å². The molecule has 0 atom stereocenters. The van der Waals surface area contributed by atoms with Crippen molar-refractivity contribution in [1.29, 1.82) is 0 Å². The topological polar surface area (TPSA) is 61.8 Å². The van der Waals surface area contributed by atoms with Gasteiger partial charge in [-0.15, -0.1) is 0 Å². The van der Waals surface area contributed by atoms with Crippen molar-refractivity contribution >= 4 is 17.1 Å². The van der Waals surface area contributed by atoms with Gasteiger partial charge in [-0.2, -0.15) is 0 Å². The molecule has 0 fully saturated rings. The first-order valence-electron chi connectivity index (χ1n) is 6.30. The van der Waals surface area contributed by atoms with E-state index >= 15 is 0 Å². The minimum atomic E-state index is -0.234. The van der Waals surface area contributed by atoms with Crippen LogP contribution < -0.4 is 14.2 Å². The van der Waals surface area contributed by atoms with Crippen LogP contribution in [0.4, 0.5) is 0 Å². The minimum Gasteiger partial charge on any atom is -0.496 e. The quantitative estimate of drug-likeness (QED) is 0.795. The maximum absolute atomic E-state index is 12.3. The third-order valence-electron chi connectivity index (χ3n) is 3.23. The second kappa shape index (κ2) is 5.83. The molecule has 0 N–H and O–H groups in total. The van der Waals surface area contributed by atoms with E-state index in [1.54, 1.807) is 19.1 Å². The van der Waals surface area contributed by atoms with Crippen molar-refractivity contribution in [1.82, 2.24) is 0 Å². The van der Waals surface area contributed by atoms with E-state index in [4.69, 9.17) is 14.2 Å². The highest BCUT2D eigenvalue weighted by Crippen LogP contribution is 2.40. The fraction of sp³-hybridized carbons (Fsp3) is 0.250. The molecule has 1 aliphatic carbocycles. The summed E-state index contributed by atoms with van der Waals surface area (Å²) in [4.78, 5) is 24.0. The summed E-state index contributed by atoms with van der Waals surface area (Å²) in [6, 6.07) is 3.29. The summed E-state index contributed by atoms with van der Waals surface area (Å²) < 4.78 is 15.8. The molecule has 2 rings (SSSR count). The van der Waals surface area contributed by atoms with E-state index in [0.717, 1.165) is 0 Å². The van der Waals surface area contributed by atoms with E-state index in [1.807, 2.05) is 0 Å². The molecule has 21 heavy (non-hydrogen) atoms. The first-order valence-corrected chi connectivity index (χ1v) is 6.30. The van der Waals surface area contributed by atoms with Gasteiger partial charge in [0.15, 0.2) is 11.6 Å². The lowest BCUT2D eigenvalue weighted by molar-refractivity contribution is -0.113. The van der Waals surface area contributed by atoms with Crippen molar-refractivity contribution in [2.45, 2.75) is 6.92 Å². The molecule has 0 radical (unpaired) electrons. The Bertz CT molecular complexity index is 642. The molecule has 5 heteroatoms. The second-order valence-electron chi connectivity index (χ2n) is 4.52. The average Bonchev–Trinajstić information content (AvgIpc) is 2.49. The highest BCUT2D eigenvalue weighted by atomic mass is 16.5. The van der Waals surface area contributed by atoms with Crippen molar-refractivity contribution in [3.63, 3.8) is 0 Å². The molecule has 0 aromatic heterocycles. The molecule has 0 heterocycles. The van der Waals surface area contributed by atoms with Crippen LogP contribution in [-0.2, 0) is 9.59 Å². The maximum Gasteiger partial charge on any atom is 0.189 e. The maximum atomic E-state index is 12.3. The van der Waals surface area contributed by atoms with Gasteiger partial charge < -0.3 is 14.2 Å². The lowest BCUT2D eigenvalue weighted by Crippen LogP contribution is -2.13. The smallest absolute Gasteiger partial charge is 0.189 e. The van der Waals surface area contributed by atoms with Crippen molar-refractivity contribution < 1.29 is 23.8 Å². The molecule has 0 aliphatic heterocycles. The number of carbonyl (C=O) groups excluding carboxylic acids is 2. The molecule has 5 nitrogen and oxygen atoms in total. The van der Waals surface area contributed by atoms with Crippen molar-refractivity contribution in [2.75, 3.05) is 21.3 Å². The van der Waals surface area contributed by atoms with Gasteiger partial charge in [-0.1, -0.05) is 0 Å². The molecule has 0 saturated carbocycles. The predicted octanol–water partition coefficient (Wildman–Crippen LogP) is 2.19.